The van der Waals surface area contributed by atoms with Gasteiger partial charge in [-0.15, -0.1) is 0 Å². The molecule has 3 aromatic rings. The molecule has 1 amide bonds. The van der Waals surface area contributed by atoms with Gasteiger partial charge in [0.15, 0.2) is 0 Å². The fourth-order valence-electron chi connectivity index (χ4n) is 3.58. The number of carbonyl (C=O) groups excluding carboxylic acids is 1. The van der Waals surface area contributed by atoms with Crippen LogP contribution in [0.25, 0.3) is 10.9 Å². The first-order valence-electron chi connectivity index (χ1n) is 8.85. The minimum absolute atomic E-state index is 0.0131. The molecule has 1 aromatic carbocycles. The Morgan fingerprint density at radius 3 is 2.96 bits per heavy atom. The van der Waals surface area contributed by atoms with Gasteiger partial charge in [-0.25, -0.2) is 9.97 Å². The molecular formula is C20H21N5O. The molecule has 1 fully saturated rings. The van der Waals surface area contributed by atoms with Crippen LogP contribution in [0.5, 0.6) is 0 Å². The number of nitrogens with zero attached hydrogens (tertiary/aromatic N) is 4. The average Bonchev–Trinajstić information content (AvgIpc) is 3.16. The van der Waals surface area contributed by atoms with Crippen LogP contribution >= 0.6 is 0 Å². The molecule has 1 atom stereocenters. The summed E-state index contributed by atoms with van der Waals surface area (Å²) in [6.45, 7) is 2.62. The molecule has 1 N–H and O–H groups in total. The summed E-state index contributed by atoms with van der Waals surface area (Å²) in [5.74, 6) is 1.53. The molecule has 6 nitrogen and oxygen atoms in total. The monoisotopic (exact) mass is 347 g/mol. The summed E-state index contributed by atoms with van der Waals surface area (Å²) < 4.78 is 0. The van der Waals surface area contributed by atoms with Gasteiger partial charge >= 0.3 is 0 Å². The van der Waals surface area contributed by atoms with Crippen LogP contribution in [0.1, 0.15) is 40.8 Å². The van der Waals surface area contributed by atoms with Crippen LogP contribution in [-0.4, -0.2) is 39.4 Å². The second-order valence-corrected chi connectivity index (χ2v) is 6.54. The third-order valence-electron chi connectivity index (χ3n) is 4.82. The number of rotatable bonds is 3. The van der Waals surface area contributed by atoms with E-state index in [1.807, 2.05) is 55.3 Å². The summed E-state index contributed by atoms with van der Waals surface area (Å²) in [7, 11) is 1.84. The Kier molecular flexibility index (Phi) is 4.24. The number of carbonyl (C=O) groups is 1. The fraction of sp³-hybridized carbons (Fsp3) is 0.300. The van der Waals surface area contributed by atoms with Crippen molar-refractivity contribution in [2.45, 2.75) is 25.8 Å². The molecule has 2 aromatic heterocycles. The summed E-state index contributed by atoms with van der Waals surface area (Å²) >= 11 is 0. The number of hydrogen-bond donors (Lipinski definition) is 1. The largest absolute Gasteiger partial charge is 0.373 e. The number of amides is 1. The Morgan fingerprint density at radius 1 is 1.23 bits per heavy atom. The summed E-state index contributed by atoms with van der Waals surface area (Å²) in [6, 6.07) is 11.5. The predicted octanol–water partition coefficient (Wildman–Crippen LogP) is 3.35. The van der Waals surface area contributed by atoms with Crippen molar-refractivity contribution in [2.75, 3.05) is 18.9 Å². The molecule has 0 saturated carbocycles. The van der Waals surface area contributed by atoms with E-state index in [9.17, 15) is 4.79 Å². The first kappa shape index (κ1) is 16.4. The van der Waals surface area contributed by atoms with Gasteiger partial charge in [0.2, 0.25) is 0 Å². The standard InChI is InChI=1S/C20H21N5O/c1-13-23-17(12-19(21-2)24-13)18-6-4-10-25(18)20(26)15-7-8-16-14(11-15)5-3-9-22-16/h3,5,7-9,11-12,18H,4,6,10H2,1-2H3,(H,21,23,24). The van der Waals surface area contributed by atoms with Crippen molar-refractivity contribution in [2.24, 2.45) is 0 Å². The third kappa shape index (κ3) is 2.98. The highest BCUT2D eigenvalue weighted by atomic mass is 16.2. The number of aromatic nitrogens is 3. The molecule has 1 unspecified atom stereocenters. The number of nitrogens with one attached hydrogen (secondary N) is 1. The molecule has 1 aliphatic rings. The lowest BCUT2D eigenvalue weighted by molar-refractivity contribution is 0.0733. The van der Waals surface area contributed by atoms with E-state index in [0.29, 0.717) is 11.4 Å². The molecule has 0 aliphatic carbocycles. The molecular weight excluding hydrogens is 326 g/mol. The predicted molar refractivity (Wildman–Crippen MR) is 101 cm³/mol. The van der Waals surface area contributed by atoms with E-state index in [4.69, 9.17) is 0 Å². The van der Waals surface area contributed by atoms with Crippen LogP contribution in [-0.2, 0) is 0 Å². The lowest BCUT2D eigenvalue weighted by Crippen LogP contribution is -2.31. The summed E-state index contributed by atoms with van der Waals surface area (Å²) in [5.41, 5.74) is 2.49. The van der Waals surface area contributed by atoms with Gasteiger partial charge in [-0.1, -0.05) is 6.07 Å². The van der Waals surface area contributed by atoms with Crippen LogP contribution in [0.3, 0.4) is 0 Å². The zero-order valence-corrected chi connectivity index (χ0v) is 14.9. The number of hydrogen-bond acceptors (Lipinski definition) is 5. The molecule has 0 radical (unpaired) electrons. The highest BCUT2D eigenvalue weighted by Crippen LogP contribution is 2.33. The number of likely N-dealkylation sites (tertiary alicyclic amines) is 1. The Labute approximate surface area is 152 Å². The van der Waals surface area contributed by atoms with Gasteiger partial charge in [0, 0.05) is 36.8 Å². The first-order chi connectivity index (χ1) is 12.7. The molecule has 3 heterocycles. The van der Waals surface area contributed by atoms with E-state index in [0.717, 1.165) is 41.8 Å². The van der Waals surface area contributed by atoms with Gasteiger partial charge in [-0.3, -0.25) is 9.78 Å². The lowest BCUT2D eigenvalue weighted by Gasteiger charge is -2.25. The zero-order chi connectivity index (χ0) is 18.1. The number of aryl methyl sites for hydroxylation is 1. The van der Waals surface area contributed by atoms with Crippen LogP contribution < -0.4 is 5.32 Å². The van der Waals surface area contributed by atoms with E-state index in [1.165, 1.54) is 0 Å². The smallest absolute Gasteiger partial charge is 0.254 e. The molecule has 1 saturated heterocycles. The fourth-order valence-corrected chi connectivity index (χ4v) is 3.58. The topological polar surface area (TPSA) is 71.0 Å². The second-order valence-electron chi connectivity index (χ2n) is 6.54. The summed E-state index contributed by atoms with van der Waals surface area (Å²) in [6.07, 6.45) is 3.65. The van der Waals surface area contributed by atoms with E-state index in [-0.39, 0.29) is 11.9 Å². The first-order valence-corrected chi connectivity index (χ1v) is 8.85. The van der Waals surface area contributed by atoms with Gasteiger partial charge in [0.1, 0.15) is 11.6 Å². The van der Waals surface area contributed by atoms with Gasteiger partial charge in [0.05, 0.1) is 17.3 Å². The van der Waals surface area contributed by atoms with Gasteiger partial charge in [0.25, 0.3) is 5.91 Å². The quantitative estimate of drug-likeness (QED) is 0.787. The van der Waals surface area contributed by atoms with Crippen LogP contribution in [0.15, 0.2) is 42.6 Å². The van der Waals surface area contributed by atoms with E-state index < -0.39 is 0 Å². The summed E-state index contributed by atoms with van der Waals surface area (Å²) in [4.78, 5) is 28.3. The molecule has 0 bridgehead atoms. The highest BCUT2D eigenvalue weighted by Gasteiger charge is 2.32. The number of fused-ring (bicyclic) bond motifs is 1. The van der Waals surface area contributed by atoms with Crippen molar-refractivity contribution < 1.29 is 4.79 Å². The van der Waals surface area contributed by atoms with Crippen LogP contribution in [0, 0.1) is 6.92 Å². The van der Waals surface area contributed by atoms with E-state index >= 15 is 0 Å². The van der Waals surface area contributed by atoms with Crippen LogP contribution in [0.2, 0.25) is 0 Å². The Hall–Kier alpha value is -3.02. The van der Waals surface area contributed by atoms with E-state index in [1.54, 1.807) is 6.20 Å². The molecule has 1 aliphatic heterocycles. The maximum absolute atomic E-state index is 13.2. The molecule has 0 spiro atoms. The second kappa shape index (κ2) is 6.71. The van der Waals surface area contributed by atoms with Gasteiger partial charge < -0.3 is 10.2 Å². The summed E-state index contributed by atoms with van der Waals surface area (Å²) in [5, 5.41) is 4.04. The van der Waals surface area contributed by atoms with Gasteiger partial charge in [-0.2, -0.15) is 0 Å². The number of benzene rings is 1. The third-order valence-corrected chi connectivity index (χ3v) is 4.82. The lowest BCUT2D eigenvalue weighted by atomic mass is 10.1. The highest BCUT2D eigenvalue weighted by molar-refractivity contribution is 5.98. The number of anilines is 1. The van der Waals surface area contributed by atoms with Crippen molar-refractivity contribution in [3.63, 3.8) is 0 Å². The van der Waals surface area contributed by atoms with Crippen molar-refractivity contribution in [1.82, 2.24) is 19.9 Å². The minimum atomic E-state index is -0.0131. The maximum atomic E-state index is 13.2. The SMILES string of the molecule is CNc1cc(C2CCCN2C(=O)c2ccc3ncccc3c2)nc(C)n1. The molecule has 4 rings (SSSR count). The molecule has 6 heteroatoms. The number of pyridine rings is 1. The minimum Gasteiger partial charge on any atom is -0.373 e. The Morgan fingerprint density at radius 2 is 2.12 bits per heavy atom. The van der Waals surface area contributed by atoms with Crippen molar-refractivity contribution in [3.05, 3.63) is 59.7 Å². The molecule has 132 valence electrons. The van der Waals surface area contributed by atoms with Gasteiger partial charge in [-0.05, 0) is 44.0 Å². The zero-order valence-electron chi connectivity index (χ0n) is 14.9. The van der Waals surface area contributed by atoms with E-state index in [2.05, 4.69) is 20.3 Å². The van der Waals surface area contributed by atoms with Crippen LogP contribution in [0.4, 0.5) is 5.82 Å². The normalized spacial score (nSPS) is 16.8. The average molecular weight is 347 g/mol. The Balaban J connectivity index is 1.67. The van der Waals surface area contributed by atoms with Crippen molar-refractivity contribution in [3.8, 4) is 0 Å². The molecule has 26 heavy (non-hydrogen) atoms. The Bertz CT molecular complexity index is 971. The maximum Gasteiger partial charge on any atom is 0.254 e. The van der Waals surface area contributed by atoms with Crippen molar-refractivity contribution in [1.29, 1.82) is 0 Å². The van der Waals surface area contributed by atoms with Crippen molar-refractivity contribution >= 4 is 22.6 Å².